The van der Waals surface area contributed by atoms with Crippen molar-refractivity contribution in [2.24, 2.45) is 0 Å². The monoisotopic (exact) mass is 290 g/mol. The third-order valence-electron chi connectivity index (χ3n) is 2.78. The Labute approximate surface area is 113 Å². The molecule has 0 aliphatic heterocycles. The van der Waals surface area contributed by atoms with E-state index in [9.17, 15) is 12.8 Å². The van der Waals surface area contributed by atoms with Gasteiger partial charge in [-0.15, -0.1) is 0 Å². The van der Waals surface area contributed by atoms with Crippen molar-refractivity contribution >= 4 is 15.7 Å². The molecule has 7 heteroatoms. The van der Waals surface area contributed by atoms with Crippen LogP contribution >= 0.6 is 0 Å². The molecule has 0 saturated carbocycles. The zero-order chi connectivity index (χ0) is 14.6. The first kappa shape index (κ1) is 15.9. The zero-order valence-corrected chi connectivity index (χ0v) is 12.1. The minimum atomic E-state index is -3.78. The molecule has 1 rings (SSSR count). The van der Waals surface area contributed by atoms with Crippen molar-refractivity contribution in [1.82, 2.24) is 4.72 Å². The molecule has 0 amide bonds. The SMILES string of the molecule is COCCC(C)NS(=O)(=O)c1cc(N)c(C)c(F)c1. The Morgan fingerprint density at radius 1 is 1.47 bits per heavy atom. The number of hydrogen-bond donors (Lipinski definition) is 2. The third kappa shape index (κ3) is 4.15. The molecule has 0 radical (unpaired) electrons. The summed E-state index contributed by atoms with van der Waals surface area (Å²) in [5.74, 6) is -0.634. The Balaban J connectivity index is 2.95. The van der Waals surface area contributed by atoms with E-state index < -0.39 is 15.8 Å². The van der Waals surface area contributed by atoms with Crippen LogP contribution in [0, 0.1) is 12.7 Å². The van der Waals surface area contributed by atoms with Gasteiger partial charge in [0.1, 0.15) is 5.82 Å². The number of rotatable bonds is 6. The summed E-state index contributed by atoms with van der Waals surface area (Å²) in [6.45, 7) is 3.65. The standard InChI is InChI=1S/C12H19FN2O3S/c1-8(4-5-18-3)15-19(16,17)10-6-11(13)9(2)12(14)7-10/h6-8,15H,4-5,14H2,1-3H3. The van der Waals surface area contributed by atoms with E-state index in [0.29, 0.717) is 13.0 Å². The van der Waals surface area contributed by atoms with Crippen molar-refractivity contribution in [1.29, 1.82) is 0 Å². The van der Waals surface area contributed by atoms with Crippen molar-refractivity contribution in [3.63, 3.8) is 0 Å². The van der Waals surface area contributed by atoms with Crippen LogP contribution in [0.2, 0.25) is 0 Å². The first-order chi connectivity index (χ1) is 8.77. The quantitative estimate of drug-likeness (QED) is 0.776. The molecular formula is C12H19FN2O3S. The smallest absolute Gasteiger partial charge is 0.240 e. The van der Waals surface area contributed by atoms with Gasteiger partial charge in [0, 0.05) is 31.0 Å². The molecule has 3 N–H and O–H groups in total. The summed E-state index contributed by atoms with van der Waals surface area (Å²) in [5, 5.41) is 0. The highest BCUT2D eigenvalue weighted by molar-refractivity contribution is 7.89. The van der Waals surface area contributed by atoms with Crippen molar-refractivity contribution < 1.29 is 17.5 Å². The van der Waals surface area contributed by atoms with Crippen molar-refractivity contribution in [2.75, 3.05) is 19.5 Å². The maximum atomic E-state index is 13.5. The molecule has 1 unspecified atom stereocenters. The van der Waals surface area contributed by atoms with Crippen molar-refractivity contribution in [3.05, 3.63) is 23.5 Å². The molecule has 1 atom stereocenters. The molecule has 19 heavy (non-hydrogen) atoms. The normalized spacial score (nSPS) is 13.5. The highest BCUT2D eigenvalue weighted by Crippen LogP contribution is 2.21. The predicted molar refractivity (Wildman–Crippen MR) is 71.8 cm³/mol. The predicted octanol–water partition coefficient (Wildman–Crippen LogP) is 1.42. The third-order valence-corrected chi connectivity index (χ3v) is 4.35. The number of ether oxygens (including phenoxy) is 1. The van der Waals surface area contributed by atoms with E-state index in [2.05, 4.69) is 4.72 Å². The fourth-order valence-electron chi connectivity index (χ4n) is 1.52. The number of sulfonamides is 1. The fourth-order valence-corrected chi connectivity index (χ4v) is 2.84. The lowest BCUT2D eigenvalue weighted by Gasteiger charge is -2.14. The number of nitrogens with two attached hydrogens (primary N) is 1. The molecule has 5 nitrogen and oxygen atoms in total. The molecule has 0 bridgehead atoms. The molecule has 0 heterocycles. The van der Waals surface area contributed by atoms with Crippen LogP contribution in [0.4, 0.5) is 10.1 Å². The zero-order valence-electron chi connectivity index (χ0n) is 11.2. The number of benzene rings is 1. The van der Waals surface area contributed by atoms with Crippen LogP contribution in [-0.4, -0.2) is 28.2 Å². The molecule has 0 fully saturated rings. The van der Waals surface area contributed by atoms with Gasteiger partial charge in [-0.05, 0) is 32.4 Å². The second-order valence-electron chi connectivity index (χ2n) is 4.42. The van der Waals surface area contributed by atoms with E-state index in [1.807, 2.05) is 0 Å². The average molecular weight is 290 g/mol. The molecule has 108 valence electrons. The van der Waals surface area contributed by atoms with Crippen LogP contribution in [0.15, 0.2) is 17.0 Å². The molecule has 0 spiro atoms. The molecule has 0 aliphatic carbocycles. The van der Waals surface area contributed by atoms with E-state index in [4.69, 9.17) is 10.5 Å². The minimum absolute atomic E-state index is 0.116. The Morgan fingerprint density at radius 2 is 2.11 bits per heavy atom. The molecule has 0 saturated heterocycles. The maximum absolute atomic E-state index is 13.5. The van der Waals surface area contributed by atoms with E-state index in [1.54, 1.807) is 6.92 Å². The first-order valence-corrected chi connectivity index (χ1v) is 7.33. The summed E-state index contributed by atoms with van der Waals surface area (Å²) >= 11 is 0. The van der Waals surface area contributed by atoms with Crippen LogP contribution in [-0.2, 0) is 14.8 Å². The first-order valence-electron chi connectivity index (χ1n) is 5.85. The second-order valence-corrected chi connectivity index (χ2v) is 6.14. The van der Waals surface area contributed by atoms with Gasteiger partial charge in [-0.3, -0.25) is 0 Å². The Kier molecular flexibility index (Phi) is 5.28. The number of nitrogen functional groups attached to an aromatic ring is 1. The van der Waals surface area contributed by atoms with E-state index in [1.165, 1.54) is 20.1 Å². The van der Waals surface area contributed by atoms with Crippen LogP contribution < -0.4 is 10.5 Å². The van der Waals surface area contributed by atoms with Gasteiger partial charge in [-0.2, -0.15) is 0 Å². The lowest BCUT2D eigenvalue weighted by molar-refractivity contribution is 0.188. The van der Waals surface area contributed by atoms with Gasteiger partial charge in [0.05, 0.1) is 4.90 Å². The summed E-state index contributed by atoms with van der Waals surface area (Å²) in [5.41, 5.74) is 5.93. The molecule has 0 aliphatic rings. The van der Waals surface area contributed by atoms with Crippen LogP contribution in [0.3, 0.4) is 0 Å². The number of halogens is 1. The van der Waals surface area contributed by atoms with Gasteiger partial charge in [0.15, 0.2) is 0 Å². The van der Waals surface area contributed by atoms with Gasteiger partial charge >= 0.3 is 0 Å². The van der Waals surface area contributed by atoms with E-state index in [-0.39, 0.29) is 22.2 Å². The Bertz CT molecular complexity index is 523. The molecule has 1 aromatic carbocycles. The summed E-state index contributed by atoms with van der Waals surface area (Å²) < 4.78 is 44.9. The number of methoxy groups -OCH3 is 1. The molecule has 0 aromatic heterocycles. The average Bonchev–Trinajstić information content (AvgIpc) is 2.32. The van der Waals surface area contributed by atoms with Crippen molar-refractivity contribution in [2.45, 2.75) is 31.2 Å². The van der Waals surface area contributed by atoms with E-state index >= 15 is 0 Å². The van der Waals surface area contributed by atoms with Gasteiger partial charge in [-0.25, -0.2) is 17.5 Å². The summed E-state index contributed by atoms with van der Waals surface area (Å²) in [4.78, 5) is -0.169. The van der Waals surface area contributed by atoms with Crippen LogP contribution in [0.25, 0.3) is 0 Å². The lowest BCUT2D eigenvalue weighted by Crippen LogP contribution is -2.33. The topological polar surface area (TPSA) is 81.4 Å². The largest absolute Gasteiger partial charge is 0.398 e. The molecule has 1 aromatic rings. The number of nitrogens with one attached hydrogen (secondary N) is 1. The van der Waals surface area contributed by atoms with E-state index in [0.717, 1.165) is 6.07 Å². The highest BCUT2D eigenvalue weighted by atomic mass is 32.2. The van der Waals surface area contributed by atoms with Gasteiger partial charge in [0.25, 0.3) is 0 Å². The van der Waals surface area contributed by atoms with Crippen molar-refractivity contribution in [3.8, 4) is 0 Å². The Hall–Kier alpha value is -1.18. The lowest BCUT2D eigenvalue weighted by atomic mass is 10.2. The maximum Gasteiger partial charge on any atom is 0.240 e. The summed E-state index contributed by atoms with van der Waals surface area (Å²) in [7, 11) is -2.24. The highest BCUT2D eigenvalue weighted by Gasteiger charge is 2.19. The van der Waals surface area contributed by atoms with Gasteiger partial charge in [0.2, 0.25) is 10.0 Å². The number of hydrogen-bond acceptors (Lipinski definition) is 4. The van der Waals surface area contributed by atoms with Crippen LogP contribution in [0.5, 0.6) is 0 Å². The Morgan fingerprint density at radius 3 is 2.63 bits per heavy atom. The number of anilines is 1. The van der Waals surface area contributed by atoms with Gasteiger partial charge < -0.3 is 10.5 Å². The molecular weight excluding hydrogens is 271 g/mol. The van der Waals surface area contributed by atoms with Gasteiger partial charge in [-0.1, -0.05) is 0 Å². The second kappa shape index (κ2) is 6.31. The minimum Gasteiger partial charge on any atom is -0.398 e. The summed E-state index contributed by atoms with van der Waals surface area (Å²) in [6, 6.07) is 1.91. The van der Waals surface area contributed by atoms with Crippen LogP contribution in [0.1, 0.15) is 18.9 Å². The fraction of sp³-hybridized carbons (Fsp3) is 0.500. The summed E-state index contributed by atoms with van der Waals surface area (Å²) in [6.07, 6.45) is 0.527.